The Kier molecular flexibility index (Phi) is 8.61. The predicted molar refractivity (Wildman–Crippen MR) is 151 cm³/mol. The molecule has 0 saturated heterocycles. The Bertz CT molecular complexity index is 1520. The van der Waals surface area contributed by atoms with E-state index in [1.807, 2.05) is 6.07 Å². The number of halogens is 2. The van der Waals surface area contributed by atoms with Crippen LogP contribution in [0.2, 0.25) is 0 Å². The number of ether oxygens (including phenoxy) is 1. The Labute approximate surface area is 242 Å². The molecule has 2 aromatic carbocycles. The summed E-state index contributed by atoms with van der Waals surface area (Å²) in [5.74, 6) is -4.21. The number of nitrogens with one attached hydrogen (secondary N) is 2. The van der Waals surface area contributed by atoms with Crippen molar-refractivity contribution in [1.29, 1.82) is 5.26 Å². The van der Waals surface area contributed by atoms with E-state index in [1.54, 1.807) is 45.9 Å². The van der Waals surface area contributed by atoms with Gasteiger partial charge in [0, 0.05) is 29.9 Å². The SMILES string of the molecule is C[C@H]1Cn2ncc(C(=O)Nc3cccc(C#N)c3)c2C(=O)N1c1ccc(C(F)(F)CCCNC(=O)OC(C)(C)C)cc1. The molecule has 0 bridgehead atoms. The Hall–Kier alpha value is -4.79. The first-order valence-electron chi connectivity index (χ1n) is 13.4. The standard InChI is InChI=1S/C30H32F2N6O4/c1-19-18-37-25(24(17-35-37)26(39)36-22-8-5-7-20(15-22)16-33)27(40)38(19)23-11-9-21(10-12-23)30(31,32)13-6-14-34-28(41)42-29(2,3)4/h5,7-12,15,17,19H,6,13-14,18H2,1-4H3,(H,34,41)(H,36,39)/t19-/m0/s1. The van der Waals surface area contributed by atoms with Gasteiger partial charge in [-0.1, -0.05) is 18.2 Å². The molecule has 1 aliphatic heterocycles. The second-order valence-corrected chi connectivity index (χ2v) is 11.0. The molecule has 1 aliphatic rings. The van der Waals surface area contributed by atoms with Crippen molar-refractivity contribution < 1.29 is 27.9 Å². The Morgan fingerprint density at radius 3 is 2.55 bits per heavy atom. The van der Waals surface area contributed by atoms with Crippen LogP contribution >= 0.6 is 0 Å². The highest BCUT2D eigenvalue weighted by Gasteiger charge is 2.37. The summed E-state index contributed by atoms with van der Waals surface area (Å²) in [6.07, 6.45) is 0.195. The molecule has 0 unspecified atom stereocenters. The van der Waals surface area contributed by atoms with Crippen molar-refractivity contribution >= 4 is 29.3 Å². The number of carbonyl (C=O) groups excluding carboxylic acids is 3. The molecule has 0 saturated carbocycles. The number of alkyl halides is 2. The molecule has 220 valence electrons. The van der Waals surface area contributed by atoms with Crippen LogP contribution in [-0.4, -0.2) is 45.9 Å². The van der Waals surface area contributed by atoms with Crippen molar-refractivity contribution in [1.82, 2.24) is 15.1 Å². The summed E-state index contributed by atoms with van der Waals surface area (Å²) in [7, 11) is 0. The van der Waals surface area contributed by atoms with E-state index < -0.39 is 35.9 Å². The normalized spacial score (nSPS) is 15.0. The van der Waals surface area contributed by atoms with Crippen molar-refractivity contribution in [3.05, 3.63) is 77.1 Å². The maximum atomic E-state index is 14.9. The minimum atomic E-state index is -3.15. The molecule has 1 aromatic heterocycles. The molecule has 0 spiro atoms. The number of nitrogens with zero attached hydrogens (tertiary/aromatic N) is 4. The lowest BCUT2D eigenvalue weighted by Crippen LogP contribution is -2.47. The van der Waals surface area contributed by atoms with Gasteiger partial charge in [-0.15, -0.1) is 0 Å². The maximum absolute atomic E-state index is 14.9. The molecule has 2 N–H and O–H groups in total. The molecule has 0 aliphatic carbocycles. The highest BCUT2D eigenvalue weighted by Crippen LogP contribution is 2.35. The number of carbonyl (C=O) groups is 3. The number of anilines is 2. The third-order valence-electron chi connectivity index (χ3n) is 6.54. The van der Waals surface area contributed by atoms with Crippen LogP contribution in [0.15, 0.2) is 54.7 Å². The van der Waals surface area contributed by atoms with Gasteiger partial charge >= 0.3 is 6.09 Å². The zero-order chi connectivity index (χ0) is 30.7. The number of fused-ring (bicyclic) bond motifs is 1. The van der Waals surface area contributed by atoms with Crippen LogP contribution in [0.4, 0.5) is 25.0 Å². The molecule has 10 nitrogen and oxygen atoms in total. The smallest absolute Gasteiger partial charge is 0.407 e. The van der Waals surface area contributed by atoms with Gasteiger partial charge in [0.05, 0.1) is 36.0 Å². The minimum absolute atomic E-state index is 0.0330. The van der Waals surface area contributed by atoms with Crippen molar-refractivity contribution in [2.75, 3.05) is 16.8 Å². The molecule has 3 amide bonds. The van der Waals surface area contributed by atoms with Gasteiger partial charge in [0.25, 0.3) is 17.7 Å². The van der Waals surface area contributed by atoms with Gasteiger partial charge in [-0.3, -0.25) is 14.3 Å². The molecule has 2 heterocycles. The van der Waals surface area contributed by atoms with E-state index in [2.05, 4.69) is 15.7 Å². The van der Waals surface area contributed by atoms with Crippen LogP contribution in [-0.2, 0) is 17.2 Å². The van der Waals surface area contributed by atoms with Crippen LogP contribution in [0.3, 0.4) is 0 Å². The van der Waals surface area contributed by atoms with Crippen LogP contribution in [0.1, 0.15) is 72.5 Å². The van der Waals surface area contributed by atoms with Crippen LogP contribution < -0.4 is 15.5 Å². The van der Waals surface area contributed by atoms with Crippen molar-refractivity contribution in [2.45, 2.75) is 64.6 Å². The minimum Gasteiger partial charge on any atom is -0.444 e. The quantitative estimate of drug-likeness (QED) is 0.342. The monoisotopic (exact) mass is 578 g/mol. The van der Waals surface area contributed by atoms with Crippen LogP contribution in [0, 0.1) is 11.3 Å². The van der Waals surface area contributed by atoms with Gasteiger partial charge in [0.15, 0.2) is 0 Å². The van der Waals surface area contributed by atoms with Gasteiger partial charge in [-0.05, 0) is 64.4 Å². The van der Waals surface area contributed by atoms with Gasteiger partial charge < -0.3 is 20.3 Å². The predicted octanol–water partition coefficient (Wildman–Crippen LogP) is 5.45. The maximum Gasteiger partial charge on any atom is 0.407 e. The van der Waals surface area contributed by atoms with Gasteiger partial charge in [-0.25, -0.2) is 13.6 Å². The fourth-order valence-corrected chi connectivity index (χ4v) is 4.62. The largest absolute Gasteiger partial charge is 0.444 e. The second-order valence-electron chi connectivity index (χ2n) is 11.0. The topological polar surface area (TPSA) is 129 Å². The van der Waals surface area contributed by atoms with Crippen molar-refractivity contribution in [3.63, 3.8) is 0 Å². The lowest BCUT2D eigenvalue weighted by Gasteiger charge is -2.34. The highest BCUT2D eigenvalue weighted by atomic mass is 19.3. The molecular formula is C30H32F2N6O4. The molecule has 0 fully saturated rings. The lowest BCUT2D eigenvalue weighted by molar-refractivity contribution is -0.0155. The summed E-state index contributed by atoms with van der Waals surface area (Å²) in [5.41, 5.74) is 0.403. The van der Waals surface area contributed by atoms with E-state index in [0.717, 1.165) is 0 Å². The first kappa shape index (κ1) is 30.2. The Morgan fingerprint density at radius 1 is 1.17 bits per heavy atom. The first-order valence-corrected chi connectivity index (χ1v) is 13.4. The molecule has 0 radical (unpaired) electrons. The lowest BCUT2D eigenvalue weighted by atomic mass is 10.0. The van der Waals surface area contributed by atoms with Crippen molar-refractivity contribution in [3.8, 4) is 6.07 Å². The average Bonchev–Trinajstić information content (AvgIpc) is 3.35. The summed E-state index contributed by atoms with van der Waals surface area (Å²) in [6, 6.07) is 13.5. The summed E-state index contributed by atoms with van der Waals surface area (Å²) >= 11 is 0. The zero-order valence-electron chi connectivity index (χ0n) is 23.8. The van der Waals surface area contributed by atoms with Gasteiger partial charge in [-0.2, -0.15) is 10.4 Å². The molecule has 12 heteroatoms. The number of alkyl carbamates (subject to hydrolysis) is 1. The average molecular weight is 579 g/mol. The number of rotatable bonds is 8. The molecule has 4 rings (SSSR count). The fourth-order valence-electron chi connectivity index (χ4n) is 4.62. The summed E-state index contributed by atoms with van der Waals surface area (Å²) in [5, 5.41) is 18.5. The van der Waals surface area contributed by atoms with E-state index in [0.29, 0.717) is 23.5 Å². The van der Waals surface area contributed by atoms with Crippen LogP contribution in [0.25, 0.3) is 0 Å². The summed E-state index contributed by atoms with van der Waals surface area (Å²) in [6.45, 7) is 7.27. The third-order valence-corrected chi connectivity index (χ3v) is 6.54. The Balaban J connectivity index is 1.44. The number of benzene rings is 2. The fraction of sp³-hybridized carbons (Fsp3) is 0.367. The molecule has 3 aromatic rings. The van der Waals surface area contributed by atoms with E-state index in [-0.39, 0.29) is 35.8 Å². The molecule has 1 atom stereocenters. The van der Waals surface area contributed by atoms with E-state index in [4.69, 9.17) is 10.00 Å². The van der Waals surface area contributed by atoms with E-state index in [1.165, 1.54) is 46.1 Å². The van der Waals surface area contributed by atoms with E-state index >= 15 is 0 Å². The molecule has 42 heavy (non-hydrogen) atoms. The first-order chi connectivity index (χ1) is 19.8. The van der Waals surface area contributed by atoms with Crippen molar-refractivity contribution in [2.24, 2.45) is 0 Å². The third kappa shape index (κ3) is 6.91. The highest BCUT2D eigenvalue weighted by molar-refractivity contribution is 6.15. The van der Waals surface area contributed by atoms with Gasteiger partial charge in [0.1, 0.15) is 11.3 Å². The summed E-state index contributed by atoms with van der Waals surface area (Å²) in [4.78, 5) is 39.8. The number of nitriles is 1. The summed E-state index contributed by atoms with van der Waals surface area (Å²) < 4.78 is 36.4. The number of hydrogen-bond acceptors (Lipinski definition) is 6. The second kappa shape index (κ2) is 12.0. The number of amides is 3. The number of hydrogen-bond donors (Lipinski definition) is 2. The Morgan fingerprint density at radius 2 is 1.88 bits per heavy atom. The van der Waals surface area contributed by atoms with Gasteiger partial charge in [0.2, 0.25) is 0 Å². The zero-order valence-corrected chi connectivity index (χ0v) is 23.8. The molecular weight excluding hydrogens is 546 g/mol. The van der Waals surface area contributed by atoms with Crippen LogP contribution in [0.5, 0.6) is 0 Å². The van der Waals surface area contributed by atoms with E-state index in [9.17, 15) is 23.2 Å². The number of aromatic nitrogens is 2.